The molecule has 0 spiro atoms. The smallest absolute Gasteiger partial charge is 0.388 e. The summed E-state index contributed by atoms with van der Waals surface area (Å²) in [5.41, 5.74) is 0. The third-order valence-corrected chi connectivity index (χ3v) is 7.47. The molecular formula is C9H17N2O15P3. The van der Waals surface area contributed by atoms with Crippen molar-refractivity contribution in [1.29, 1.82) is 0 Å². The van der Waals surface area contributed by atoms with Crippen molar-refractivity contribution in [1.82, 2.24) is 10.6 Å². The van der Waals surface area contributed by atoms with E-state index in [0.717, 1.165) is 0 Å². The lowest BCUT2D eigenvalue weighted by molar-refractivity contribution is -0.132. The topological polar surface area (TPSA) is 268 Å². The first-order chi connectivity index (χ1) is 13.1. The summed E-state index contributed by atoms with van der Waals surface area (Å²) in [4.78, 5) is 58.2. The summed E-state index contributed by atoms with van der Waals surface area (Å²) >= 11 is 0. The largest absolute Gasteiger partial charge is 0.490 e. The Bertz CT molecular complexity index is 798. The zero-order chi connectivity index (χ0) is 22.2. The molecule has 3 amide bonds. The summed E-state index contributed by atoms with van der Waals surface area (Å²) in [6.45, 7) is -1.25. The normalized spacial score (nSPS) is 34.8. The molecule has 0 saturated carbocycles. The highest BCUT2D eigenvalue weighted by molar-refractivity contribution is 7.66. The summed E-state index contributed by atoms with van der Waals surface area (Å²) < 4.78 is 50.0. The lowest BCUT2D eigenvalue weighted by Crippen LogP contribution is -2.57. The average Bonchev–Trinajstić information content (AvgIpc) is 2.78. The number of ether oxygens (including phenoxy) is 1. The van der Waals surface area contributed by atoms with E-state index < -0.39 is 72.3 Å². The fourth-order valence-corrected chi connectivity index (χ4v) is 5.56. The maximum absolute atomic E-state index is 11.8. The zero-order valence-electron chi connectivity index (χ0n) is 14.0. The number of rotatable bonds is 8. The van der Waals surface area contributed by atoms with Crippen LogP contribution < -0.4 is 10.6 Å². The lowest BCUT2D eigenvalue weighted by atomic mass is 9.94. The highest BCUT2D eigenvalue weighted by atomic mass is 31.3. The molecule has 168 valence electrons. The molecule has 0 aliphatic carbocycles. The first-order valence-corrected chi connectivity index (χ1v) is 12.0. The number of nitrogens with one attached hydrogen (secondary N) is 2. The number of carbonyl (C=O) groups excluding carboxylic acids is 2. The van der Waals surface area contributed by atoms with Crippen molar-refractivity contribution in [2.45, 2.75) is 24.4 Å². The molecule has 0 aromatic rings. The van der Waals surface area contributed by atoms with E-state index in [9.17, 15) is 38.4 Å². The summed E-state index contributed by atoms with van der Waals surface area (Å²) in [5, 5.41) is 24.2. The van der Waals surface area contributed by atoms with Gasteiger partial charge in [-0.2, -0.15) is 8.62 Å². The van der Waals surface area contributed by atoms with Crippen molar-refractivity contribution in [2.24, 2.45) is 5.92 Å². The molecule has 20 heteroatoms. The number of amides is 3. The van der Waals surface area contributed by atoms with E-state index in [-0.39, 0.29) is 6.54 Å². The standard InChI is InChI=1S/C9H17N2O15P3/c12-5-4(2-23-28(19,20)26-29(21,22)25-27(16,17)18)24-7(6(5)13)3-1-10-9(15)11-8(3)14/h3-7,12-13H,1-2H2,(H,19,20)(H,21,22)(H2,16,17,18)(H2,10,11,14,15). The van der Waals surface area contributed by atoms with Gasteiger partial charge in [0.25, 0.3) is 0 Å². The summed E-state index contributed by atoms with van der Waals surface area (Å²) in [5.74, 6) is -1.92. The number of urea groups is 1. The second-order valence-corrected chi connectivity index (χ2v) is 10.2. The number of carbonyl (C=O) groups is 2. The van der Waals surface area contributed by atoms with Crippen LogP contribution in [0, 0.1) is 5.92 Å². The highest BCUT2D eigenvalue weighted by Crippen LogP contribution is 2.66. The number of hydrogen-bond donors (Lipinski definition) is 8. The van der Waals surface area contributed by atoms with Crippen LogP contribution in [0.1, 0.15) is 0 Å². The van der Waals surface area contributed by atoms with E-state index >= 15 is 0 Å². The molecule has 17 nitrogen and oxygen atoms in total. The van der Waals surface area contributed by atoms with Crippen molar-refractivity contribution in [3.8, 4) is 0 Å². The molecular weight excluding hydrogens is 469 g/mol. The van der Waals surface area contributed by atoms with Crippen LogP contribution in [0.5, 0.6) is 0 Å². The van der Waals surface area contributed by atoms with Crippen LogP contribution in [-0.4, -0.2) is 79.3 Å². The summed E-state index contributed by atoms with van der Waals surface area (Å²) in [7, 11) is -16.7. The molecule has 2 aliphatic heterocycles. The van der Waals surface area contributed by atoms with E-state index in [4.69, 9.17) is 19.4 Å². The van der Waals surface area contributed by atoms with Crippen LogP contribution >= 0.6 is 23.5 Å². The third kappa shape index (κ3) is 6.87. The van der Waals surface area contributed by atoms with Crippen LogP contribution in [0.2, 0.25) is 0 Å². The predicted octanol–water partition coefficient (Wildman–Crippen LogP) is -2.73. The van der Waals surface area contributed by atoms with Crippen LogP contribution in [0.3, 0.4) is 0 Å². The van der Waals surface area contributed by atoms with Gasteiger partial charge in [-0.05, 0) is 0 Å². The van der Waals surface area contributed by atoms with E-state index in [2.05, 4.69) is 18.5 Å². The average molecular weight is 486 g/mol. The maximum Gasteiger partial charge on any atom is 0.490 e. The molecule has 29 heavy (non-hydrogen) atoms. The van der Waals surface area contributed by atoms with Gasteiger partial charge in [0, 0.05) is 6.54 Å². The minimum Gasteiger partial charge on any atom is -0.388 e. The lowest BCUT2D eigenvalue weighted by Gasteiger charge is -2.28. The van der Waals surface area contributed by atoms with Gasteiger partial charge in [-0.3, -0.25) is 14.6 Å². The van der Waals surface area contributed by atoms with Crippen molar-refractivity contribution in [3.63, 3.8) is 0 Å². The SMILES string of the molecule is O=C1NCC(C2OC(COP(=O)(O)OP(=O)(O)OP(=O)(O)O)C(O)C2O)C(=O)N1. The van der Waals surface area contributed by atoms with Gasteiger partial charge in [0.2, 0.25) is 5.91 Å². The van der Waals surface area contributed by atoms with E-state index in [1.807, 2.05) is 5.32 Å². The molecule has 0 aromatic carbocycles. The van der Waals surface area contributed by atoms with Gasteiger partial charge in [0.1, 0.15) is 18.3 Å². The van der Waals surface area contributed by atoms with Crippen molar-refractivity contribution in [2.75, 3.05) is 13.2 Å². The van der Waals surface area contributed by atoms with Gasteiger partial charge in [-0.1, -0.05) is 0 Å². The number of aliphatic hydroxyl groups excluding tert-OH is 2. The van der Waals surface area contributed by atoms with Crippen LogP contribution in [0.15, 0.2) is 0 Å². The van der Waals surface area contributed by atoms with Gasteiger partial charge in [0.15, 0.2) is 0 Å². The maximum atomic E-state index is 11.8. The van der Waals surface area contributed by atoms with Crippen LogP contribution in [0.4, 0.5) is 4.79 Å². The van der Waals surface area contributed by atoms with Crippen LogP contribution in [-0.2, 0) is 36.4 Å². The quantitative estimate of drug-likeness (QED) is 0.162. The second-order valence-electron chi connectivity index (χ2n) is 5.81. The van der Waals surface area contributed by atoms with E-state index in [1.54, 1.807) is 0 Å². The molecule has 2 rings (SSSR count). The summed E-state index contributed by atoms with van der Waals surface area (Å²) in [6, 6.07) is -0.775. The van der Waals surface area contributed by atoms with E-state index in [1.165, 1.54) is 0 Å². The Morgan fingerprint density at radius 2 is 1.62 bits per heavy atom. The van der Waals surface area contributed by atoms with Crippen molar-refractivity contribution < 1.29 is 71.0 Å². The van der Waals surface area contributed by atoms with Crippen molar-refractivity contribution >= 4 is 35.4 Å². The second kappa shape index (κ2) is 8.77. The molecule has 8 N–H and O–H groups in total. The number of imide groups is 1. The monoisotopic (exact) mass is 486 g/mol. The molecule has 2 heterocycles. The molecule has 2 fully saturated rings. The summed E-state index contributed by atoms with van der Waals surface area (Å²) in [6.07, 6.45) is -6.28. The Hall–Kier alpha value is -0.770. The molecule has 0 aromatic heterocycles. The van der Waals surface area contributed by atoms with Crippen molar-refractivity contribution in [3.05, 3.63) is 0 Å². The van der Waals surface area contributed by atoms with Gasteiger partial charge >= 0.3 is 29.5 Å². The molecule has 0 bridgehead atoms. The van der Waals surface area contributed by atoms with Gasteiger partial charge < -0.3 is 39.8 Å². The van der Waals surface area contributed by atoms with Gasteiger partial charge in [-0.25, -0.2) is 18.5 Å². The number of phosphoric acid groups is 3. The fourth-order valence-electron chi connectivity index (χ4n) is 2.53. The first-order valence-electron chi connectivity index (χ1n) is 7.49. The molecule has 0 radical (unpaired) electrons. The van der Waals surface area contributed by atoms with Gasteiger partial charge in [0.05, 0.1) is 18.6 Å². The Kier molecular flexibility index (Phi) is 7.41. The number of phosphoric ester groups is 1. The highest BCUT2D eigenvalue weighted by Gasteiger charge is 2.50. The minimum absolute atomic E-state index is 0.234. The number of hydrogen-bond acceptors (Lipinski definition) is 11. The Morgan fingerprint density at radius 1 is 1.00 bits per heavy atom. The fraction of sp³-hybridized carbons (Fsp3) is 0.778. The van der Waals surface area contributed by atoms with Crippen LogP contribution in [0.25, 0.3) is 0 Å². The molecule has 2 saturated heterocycles. The predicted molar refractivity (Wildman–Crippen MR) is 85.5 cm³/mol. The molecule has 7 atom stereocenters. The Morgan fingerprint density at radius 3 is 2.17 bits per heavy atom. The minimum atomic E-state index is -5.72. The molecule has 7 unspecified atom stereocenters. The Balaban J connectivity index is 1.97. The first kappa shape index (κ1) is 24.5. The van der Waals surface area contributed by atoms with E-state index in [0.29, 0.717) is 0 Å². The van der Waals surface area contributed by atoms with Gasteiger partial charge in [-0.15, -0.1) is 0 Å². The zero-order valence-corrected chi connectivity index (χ0v) is 16.7. The third-order valence-electron chi connectivity index (χ3n) is 3.67. The molecule has 2 aliphatic rings. The Labute approximate surface area is 161 Å². The number of aliphatic hydroxyl groups is 2.